The monoisotopic (exact) mass is 500 g/mol. The number of carbonyl (C=O) groups excluding carboxylic acids is 1. The number of aryl methyl sites for hydroxylation is 1. The fraction of sp³-hybridized carbons (Fsp3) is 0.393. The van der Waals surface area contributed by atoms with Gasteiger partial charge in [0.1, 0.15) is 11.3 Å². The Morgan fingerprint density at radius 3 is 2.54 bits per heavy atom. The zero-order chi connectivity index (χ0) is 25.7. The van der Waals surface area contributed by atoms with Crippen molar-refractivity contribution in [3.05, 3.63) is 69.9 Å². The third kappa shape index (κ3) is 3.93. The minimum Gasteiger partial charge on any atom is -0.335 e. The molecule has 0 spiro atoms. The molecule has 0 radical (unpaired) electrons. The molecule has 1 saturated heterocycles. The SMILES string of the molecule is Cc1nccnc1-c1[nH]n2c(=O)cc(-c3ccc(C4CCCC4)cc3)nc2c1C(=O)N1CC(CF)C1C. The van der Waals surface area contributed by atoms with E-state index in [2.05, 4.69) is 27.2 Å². The minimum absolute atomic E-state index is 0.194. The van der Waals surface area contributed by atoms with Crippen LogP contribution < -0.4 is 5.56 Å². The normalized spacial score (nSPS) is 19.9. The Bertz CT molecular complexity index is 1540. The lowest BCUT2D eigenvalue weighted by atomic mass is 9.90. The third-order valence-electron chi connectivity index (χ3n) is 8.04. The zero-order valence-corrected chi connectivity index (χ0v) is 20.9. The molecule has 4 heterocycles. The summed E-state index contributed by atoms with van der Waals surface area (Å²) in [5, 5.41) is 3.06. The van der Waals surface area contributed by atoms with Gasteiger partial charge >= 0.3 is 0 Å². The van der Waals surface area contributed by atoms with Crippen LogP contribution in [0, 0.1) is 12.8 Å². The number of aromatic nitrogens is 5. The number of H-pyrrole nitrogens is 1. The van der Waals surface area contributed by atoms with E-state index in [1.165, 1.54) is 41.8 Å². The number of nitrogens with one attached hydrogen (secondary N) is 1. The first-order valence-corrected chi connectivity index (χ1v) is 12.9. The summed E-state index contributed by atoms with van der Waals surface area (Å²) in [4.78, 5) is 42.2. The second-order valence-corrected chi connectivity index (χ2v) is 10.2. The van der Waals surface area contributed by atoms with E-state index in [0.29, 0.717) is 35.2 Å². The number of aromatic amines is 1. The van der Waals surface area contributed by atoms with Gasteiger partial charge in [-0.1, -0.05) is 37.1 Å². The molecule has 1 aliphatic heterocycles. The molecule has 2 atom stereocenters. The summed E-state index contributed by atoms with van der Waals surface area (Å²) in [6.45, 7) is 3.47. The molecule has 190 valence electrons. The maximum absolute atomic E-state index is 13.8. The number of alkyl halides is 1. The average molecular weight is 501 g/mol. The largest absolute Gasteiger partial charge is 0.335 e. The Balaban J connectivity index is 1.49. The number of amides is 1. The highest BCUT2D eigenvalue weighted by atomic mass is 19.1. The number of halogens is 1. The summed E-state index contributed by atoms with van der Waals surface area (Å²) in [5.41, 5.74) is 4.21. The van der Waals surface area contributed by atoms with Crippen LogP contribution in [-0.2, 0) is 0 Å². The number of rotatable bonds is 5. The second kappa shape index (κ2) is 9.21. The van der Waals surface area contributed by atoms with Crippen molar-refractivity contribution in [3.63, 3.8) is 0 Å². The smallest absolute Gasteiger partial charge is 0.273 e. The van der Waals surface area contributed by atoms with Crippen LogP contribution in [0.4, 0.5) is 4.39 Å². The molecule has 1 saturated carbocycles. The number of likely N-dealkylation sites (tertiary alicyclic amines) is 1. The fourth-order valence-electron chi connectivity index (χ4n) is 5.67. The van der Waals surface area contributed by atoms with Gasteiger partial charge in [-0.15, -0.1) is 0 Å². The van der Waals surface area contributed by atoms with E-state index in [1.54, 1.807) is 24.2 Å². The van der Waals surface area contributed by atoms with Gasteiger partial charge in [0.25, 0.3) is 11.5 Å². The topological polar surface area (TPSA) is 96.2 Å². The molecule has 1 aromatic carbocycles. The molecule has 37 heavy (non-hydrogen) atoms. The van der Waals surface area contributed by atoms with Crippen LogP contribution in [0.15, 0.2) is 47.5 Å². The minimum atomic E-state index is -0.479. The summed E-state index contributed by atoms with van der Waals surface area (Å²) in [7, 11) is 0. The first-order valence-electron chi connectivity index (χ1n) is 12.9. The molecular weight excluding hydrogens is 471 g/mol. The van der Waals surface area contributed by atoms with Gasteiger partial charge in [0.05, 0.1) is 23.8 Å². The maximum atomic E-state index is 13.8. The van der Waals surface area contributed by atoms with Gasteiger partial charge in [-0.25, -0.2) is 9.50 Å². The number of hydrogen-bond donors (Lipinski definition) is 1. The Morgan fingerprint density at radius 2 is 1.86 bits per heavy atom. The van der Waals surface area contributed by atoms with Crippen LogP contribution in [0.25, 0.3) is 28.3 Å². The number of hydrogen-bond acceptors (Lipinski definition) is 5. The molecule has 0 bridgehead atoms. The van der Waals surface area contributed by atoms with Crippen LogP contribution in [0.2, 0.25) is 0 Å². The molecule has 1 N–H and O–H groups in total. The highest BCUT2D eigenvalue weighted by Crippen LogP contribution is 2.35. The molecule has 8 nitrogen and oxygen atoms in total. The quantitative estimate of drug-likeness (QED) is 0.434. The molecule has 9 heteroatoms. The van der Waals surface area contributed by atoms with Gasteiger partial charge in [0.2, 0.25) is 0 Å². The van der Waals surface area contributed by atoms with E-state index in [9.17, 15) is 14.0 Å². The third-order valence-corrected chi connectivity index (χ3v) is 8.04. The van der Waals surface area contributed by atoms with Crippen LogP contribution in [0.5, 0.6) is 0 Å². The van der Waals surface area contributed by atoms with Crippen molar-refractivity contribution in [1.82, 2.24) is 29.5 Å². The van der Waals surface area contributed by atoms with Gasteiger partial charge < -0.3 is 4.90 Å². The van der Waals surface area contributed by atoms with E-state index >= 15 is 0 Å². The molecule has 2 unspecified atom stereocenters. The fourth-order valence-corrected chi connectivity index (χ4v) is 5.67. The molecule has 2 aliphatic rings. The lowest BCUT2D eigenvalue weighted by Gasteiger charge is -2.45. The molecule has 4 aromatic rings. The Labute approximate surface area is 213 Å². The Morgan fingerprint density at radius 1 is 1.14 bits per heavy atom. The van der Waals surface area contributed by atoms with Gasteiger partial charge in [-0.3, -0.25) is 29.0 Å². The molecular formula is C28H29FN6O2. The molecule has 2 fully saturated rings. The summed E-state index contributed by atoms with van der Waals surface area (Å²) in [6, 6.07) is 9.45. The highest BCUT2D eigenvalue weighted by molar-refractivity contribution is 6.06. The van der Waals surface area contributed by atoms with Crippen molar-refractivity contribution in [3.8, 4) is 22.6 Å². The predicted octanol–water partition coefficient (Wildman–Crippen LogP) is 4.54. The Hall–Kier alpha value is -3.88. The average Bonchev–Trinajstić information content (AvgIpc) is 3.57. The summed E-state index contributed by atoms with van der Waals surface area (Å²) in [5.74, 6) is 0.0885. The molecule has 3 aromatic heterocycles. The summed E-state index contributed by atoms with van der Waals surface area (Å²) >= 11 is 0. The van der Waals surface area contributed by atoms with Gasteiger partial charge in [0.15, 0.2) is 5.65 Å². The van der Waals surface area contributed by atoms with Crippen molar-refractivity contribution >= 4 is 11.6 Å². The van der Waals surface area contributed by atoms with Crippen LogP contribution in [-0.4, -0.2) is 54.6 Å². The second-order valence-electron chi connectivity index (χ2n) is 10.2. The van der Waals surface area contributed by atoms with Crippen molar-refractivity contribution in [2.75, 3.05) is 13.2 Å². The van der Waals surface area contributed by atoms with Crippen LogP contribution >= 0.6 is 0 Å². The first kappa shape index (κ1) is 23.5. The van der Waals surface area contributed by atoms with E-state index in [4.69, 9.17) is 4.98 Å². The van der Waals surface area contributed by atoms with E-state index in [1.807, 2.05) is 19.1 Å². The van der Waals surface area contributed by atoms with Crippen LogP contribution in [0.1, 0.15) is 60.1 Å². The lowest BCUT2D eigenvalue weighted by Crippen LogP contribution is -2.58. The first-order chi connectivity index (χ1) is 18.0. The van der Waals surface area contributed by atoms with Crippen LogP contribution in [0.3, 0.4) is 0 Å². The van der Waals surface area contributed by atoms with Gasteiger partial charge in [0, 0.05) is 42.5 Å². The summed E-state index contributed by atoms with van der Waals surface area (Å²) < 4.78 is 14.6. The van der Waals surface area contributed by atoms with E-state index in [-0.39, 0.29) is 34.6 Å². The maximum Gasteiger partial charge on any atom is 0.273 e. The molecule has 1 amide bonds. The zero-order valence-electron chi connectivity index (χ0n) is 20.9. The van der Waals surface area contributed by atoms with Gasteiger partial charge in [-0.2, -0.15) is 0 Å². The van der Waals surface area contributed by atoms with E-state index < -0.39 is 6.67 Å². The molecule has 1 aliphatic carbocycles. The van der Waals surface area contributed by atoms with Crippen molar-refractivity contribution in [2.24, 2.45) is 5.92 Å². The standard InChI is InChI=1S/C28H29FN6O2/c1-16-25(31-12-11-30-16)26-24(28(37)34-15-21(14-29)17(34)2)27-32-22(13-23(36)35(27)33-26)20-9-7-19(8-10-20)18-5-3-4-6-18/h7-13,17-18,21,33H,3-6,14-15H2,1-2H3. The van der Waals surface area contributed by atoms with Crippen molar-refractivity contribution in [1.29, 1.82) is 0 Å². The van der Waals surface area contributed by atoms with E-state index in [0.717, 1.165) is 5.56 Å². The Kier molecular flexibility index (Phi) is 5.85. The lowest BCUT2D eigenvalue weighted by molar-refractivity contribution is 0.0142. The number of carbonyl (C=O) groups is 1. The van der Waals surface area contributed by atoms with Crippen molar-refractivity contribution < 1.29 is 9.18 Å². The van der Waals surface area contributed by atoms with Crippen molar-refractivity contribution in [2.45, 2.75) is 51.5 Å². The number of benzene rings is 1. The number of nitrogens with zero attached hydrogens (tertiary/aromatic N) is 5. The predicted molar refractivity (Wildman–Crippen MR) is 138 cm³/mol. The molecule has 6 rings (SSSR count). The number of fused-ring (bicyclic) bond motifs is 1. The summed E-state index contributed by atoms with van der Waals surface area (Å²) in [6.07, 6.45) is 8.07. The highest BCUT2D eigenvalue weighted by Gasteiger charge is 2.41. The van der Waals surface area contributed by atoms with Gasteiger partial charge in [-0.05, 0) is 38.2 Å².